The standard InChI is InChI=1S/C48H61N11O5/c1-30(2)39-22-40(43(61)23-42(39)60)47(63)59-27-32-4-3-31(19-34(32)28-59)26-54-8-5-36(6-9-54)55-11-13-57(14-12-55)46(62)33-20-37(21-33)58-10-7-38-41(29-58)52-44(35-24-50-48(49)51-25-35)53-45(38)56-15-17-64-18-16-56/h3-4,19,22-25,30,33,36-37,60-61H,5-18,20-21,26-29H2,1-2H3,(H2,49,50,51). The lowest BCUT2D eigenvalue weighted by Gasteiger charge is -2.47. The molecule has 1 saturated carbocycles. The smallest absolute Gasteiger partial charge is 0.258 e. The summed E-state index contributed by atoms with van der Waals surface area (Å²) in [5.74, 6) is 1.86. The van der Waals surface area contributed by atoms with E-state index >= 15 is 0 Å². The largest absolute Gasteiger partial charge is 0.508 e. The number of amides is 2. The summed E-state index contributed by atoms with van der Waals surface area (Å²) in [6.45, 7) is 16.0. The average Bonchev–Trinajstić information content (AvgIpc) is 3.72. The van der Waals surface area contributed by atoms with E-state index in [4.69, 9.17) is 20.4 Å². The Balaban J connectivity index is 0.677. The van der Waals surface area contributed by atoms with E-state index in [9.17, 15) is 19.8 Å². The van der Waals surface area contributed by atoms with Crippen molar-refractivity contribution in [1.29, 1.82) is 0 Å². The first-order chi connectivity index (χ1) is 31.0. The number of carbonyl (C=O) groups excluding carboxylic acids is 2. The third-order valence-electron chi connectivity index (χ3n) is 14.7. The van der Waals surface area contributed by atoms with Gasteiger partial charge in [0.25, 0.3) is 5.91 Å². The van der Waals surface area contributed by atoms with Crippen molar-refractivity contribution in [3.63, 3.8) is 0 Å². The summed E-state index contributed by atoms with van der Waals surface area (Å²) in [7, 11) is 0. The second-order valence-electron chi connectivity index (χ2n) is 19.0. The van der Waals surface area contributed by atoms with Crippen molar-refractivity contribution in [3.05, 3.63) is 81.8 Å². The van der Waals surface area contributed by atoms with Crippen LogP contribution in [0, 0.1) is 5.92 Å². The molecule has 0 unspecified atom stereocenters. The molecule has 0 bridgehead atoms. The molecular formula is C48H61N11O5. The number of aromatic hydroxyl groups is 2. The van der Waals surface area contributed by atoms with Crippen LogP contribution in [0.3, 0.4) is 0 Å². The number of anilines is 2. The first-order valence-electron chi connectivity index (χ1n) is 23.3. The molecule has 338 valence electrons. The summed E-state index contributed by atoms with van der Waals surface area (Å²) in [6, 6.07) is 10.4. The molecule has 1 aliphatic carbocycles. The normalized spacial score (nSPS) is 22.4. The monoisotopic (exact) mass is 871 g/mol. The maximum absolute atomic E-state index is 13.8. The maximum Gasteiger partial charge on any atom is 0.258 e. The minimum atomic E-state index is -0.224. The van der Waals surface area contributed by atoms with Crippen molar-refractivity contribution in [3.8, 4) is 22.9 Å². The van der Waals surface area contributed by atoms with Gasteiger partial charge in [0.2, 0.25) is 11.9 Å². The second kappa shape index (κ2) is 17.9. The zero-order valence-electron chi connectivity index (χ0n) is 37.2. The van der Waals surface area contributed by atoms with Gasteiger partial charge in [-0.15, -0.1) is 0 Å². The molecule has 4 aromatic rings. The van der Waals surface area contributed by atoms with Crippen molar-refractivity contribution >= 4 is 23.6 Å². The lowest BCUT2D eigenvalue weighted by molar-refractivity contribution is -0.143. The molecule has 0 atom stereocenters. The quantitative estimate of drug-likeness (QED) is 0.220. The van der Waals surface area contributed by atoms with Crippen LogP contribution in [-0.4, -0.2) is 151 Å². The van der Waals surface area contributed by atoms with Gasteiger partial charge in [0, 0.05) is 114 Å². The number of aromatic nitrogens is 4. The Morgan fingerprint density at radius 3 is 2.27 bits per heavy atom. The van der Waals surface area contributed by atoms with Gasteiger partial charge in [-0.25, -0.2) is 19.9 Å². The number of hydrogen-bond donors (Lipinski definition) is 3. The third kappa shape index (κ3) is 8.60. The number of morpholine rings is 1. The molecule has 6 aliphatic rings. The summed E-state index contributed by atoms with van der Waals surface area (Å²) < 4.78 is 5.65. The lowest BCUT2D eigenvalue weighted by Crippen LogP contribution is -2.57. The summed E-state index contributed by atoms with van der Waals surface area (Å²) in [5, 5.41) is 20.8. The Hall–Kier alpha value is -5.42. The number of ether oxygens (including phenoxy) is 1. The van der Waals surface area contributed by atoms with Gasteiger partial charge in [0.1, 0.15) is 17.3 Å². The van der Waals surface area contributed by atoms with E-state index in [1.165, 1.54) is 17.2 Å². The number of phenolic OH excluding ortho intramolecular Hbond substituents is 2. The van der Waals surface area contributed by atoms with Crippen LogP contribution in [-0.2, 0) is 42.1 Å². The number of fused-ring (bicyclic) bond motifs is 2. The number of piperidine rings is 1. The topological polar surface area (TPSA) is 181 Å². The molecule has 16 heteroatoms. The highest BCUT2D eigenvalue weighted by atomic mass is 16.5. The van der Waals surface area contributed by atoms with Crippen molar-refractivity contribution in [1.82, 2.24) is 44.4 Å². The molecule has 10 rings (SSSR count). The summed E-state index contributed by atoms with van der Waals surface area (Å²) >= 11 is 0. The van der Waals surface area contributed by atoms with E-state index in [0.717, 1.165) is 132 Å². The molecule has 4 fully saturated rings. The minimum Gasteiger partial charge on any atom is -0.508 e. The van der Waals surface area contributed by atoms with E-state index in [2.05, 4.69) is 52.7 Å². The van der Waals surface area contributed by atoms with Gasteiger partial charge in [0.15, 0.2) is 5.82 Å². The van der Waals surface area contributed by atoms with Gasteiger partial charge in [-0.1, -0.05) is 32.0 Å². The Labute approximate surface area is 375 Å². The zero-order valence-corrected chi connectivity index (χ0v) is 37.2. The van der Waals surface area contributed by atoms with Gasteiger partial charge in [0.05, 0.1) is 30.0 Å². The first-order valence-corrected chi connectivity index (χ1v) is 23.3. The highest BCUT2D eigenvalue weighted by Crippen LogP contribution is 2.39. The molecular weight excluding hydrogens is 811 g/mol. The predicted molar refractivity (Wildman–Crippen MR) is 241 cm³/mol. The summed E-state index contributed by atoms with van der Waals surface area (Å²) in [5.41, 5.74) is 13.2. The number of hydrogen-bond acceptors (Lipinski definition) is 14. The number of nitrogen functional groups attached to an aromatic ring is 1. The number of rotatable bonds is 9. The Morgan fingerprint density at radius 1 is 0.797 bits per heavy atom. The van der Waals surface area contributed by atoms with Crippen LogP contribution in [0.2, 0.25) is 0 Å². The molecule has 7 heterocycles. The molecule has 64 heavy (non-hydrogen) atoms. The molecule has 5 aliphatic heterocycles. The number of carbonyl (C=O) groups is 2. The number of likely N-dealkylation sites (tertiary alicyclic amines) is 1. The Kier molecular flexibility index (Phi) is 11.9. The van der Waals surface area contributed by atoms with Crippen LogP contribution in [0.5, 0.6) is 11.5 Å². The number of nitrogens with zero attached hydrogens (tertiary/aromatic N) is 10. The Morgan fingerprint density at radius 2 is 1.53 bits per heavy atom. The second-order valence-corrected chi connectivity index (χ2v) is 19.0. The van der Waals surface area contributed by atoms with E-state index in [0.29, 0.717) is 55.7 Å². The van der Waals surface area contributed by atoms with E-state index in [-0.39, 0.29) is 40.8 Å². The molecule has 0 radical (unpaired) electrons. The van der Waals surface area contributed by atoms with Crippen LogP contribution in [0.25, 0.3) is 11.4 Å². The molecule has 2 aromatic heterocycles. The van der Waals surface area contributed by atoms with Crippen LogP contribution >= 0.6 is 0 Å². The molecule has 3 saturated heterocycles. The molecule has 16 nitrogen and oxygen atoms in total. The SMILES string of the molecule is CC(C)c1cc(C(=O)N2Cc3ccc(CN4CCC(N5CCN(C(=O)C6CC(N7CCc8c(nc(-c9cnc(N)nc9)nc8N8CCOCC8)C7)C6)CC5)CC4)cc3C2)c(O)cc1O. The molecule has 4 N–H and O–H groups in total. The lowest BCUT2D eigenvalue weighted by atomic mass is 9.77. The molecule has 0 spiro atoms. The molecule has 2 aromatic carbocycles. The van der Waals surface area contributed by atoms with Crippen molar-refractivity contribution in [2.75, 3.05) is 82.8 Å². The van der Waals surface area contributed by atoms with Crippen LogP contribution in [0.1, 0.15) is 89.3 Å². The van der Waals surface area contributed by atoms with E-state index in [1.807, 2.05) is 13.8 Å². The van der Waals surface area contributed by atoms with Crippen molar-refractivity contribution in [2.45, 2.75) is 90.1 Å². The van der Waals surface area contributed by atoms with E-state index in [1.54, 1.807) is 23.4 Å². The van der Waals surface area contributed by atoms with Crippen LogP contribution in [0.4, 0.5) is 11.8 Å². The Bertz CT molecular complexity index is 2370. The van der Waals surface area contributed by atoms with Crippen molar-refractivity contribution in [2.24, 2.45) is 5.92 Å². The van der Waals surface area contributed by atoms with Crippen LogP contribution < -0.4 is 10.6 Å². The van der Waals surface area contributed by atoms with Gasteiger partial charge < -0.3 is 35.4 Å². The fraction of sp³-hybridized carbons (Fsp3) is 0.542. The van der Waals surface area contributed by atoms with Crippen molar-refractivity contribution < 1.29 is 24.5 Å². The first kappa shape index (κ1) is 42.5. The molecule has 2 amide bonds. The highest BCUT2D eigenvalue weighted by Gasteiger charge is 2.42. The zero-order chi connectivity index (χ0) is 44.1. The summed E-state index contributed by atoms with van der Waals surface area (Å²) in [6.07, 6.45) is 8.29. The number of piperazine rings is 1. The fourth-order valence-electron chi connectivity index (χ4n) is 10.8. The third-order valence-corrected chi connectivity index (χ3v) is 14.7. The predicted octanol–water partition coefficient (Wildman–Crippen LogP) is 3.99. The van der Waals surface area contributed by atoms with E-state index < -0.39 is 0 Å². The highest BCUT2D eigenvalue weighted by molar-refractivity contribution is 5.97. The van der Waals surface area contributed by atoms with Gasteiger partial charge in [-0.05, 0) is 79.4 Å². The number of nitrogens with two attached hydrogens (primary N) is 1. The van der Waals surface area contributed by atoms with Gasteiger partial charge in [-0.2, -0.15) is 0 Å². The fourth-order valence-corrected chi connectivity index (χ4v) is 10.8. The summed E-state index contributed by atoms with van der Waals surface area (Å²) in [4.78, 5) is 59.7. The maximum atomic E-state index is 13.8. The average molecular weight is 872 g/mol. The number of benzene rings is 2. The van der Waals surface area contributed by atoms with Crippen LogP contribution in [0.15, 0.2) is 42.7 Å². The van der Waals surface area contributed by atoms with Gasteiger partial charge in [-0.3, -0.25) is 24.3 Å². The minimum absolute atomic E-state index is 0.00915. The van der Waals surface area contributed by atoms with Gasteiger partial charge >= 0.3 is 0 Å². The number of phenols is 2.